The van der Waals surface area contributed by atoms with E-state index in [0.717, 1.165) is 19.3 Å². The van der Waals surface area contributed by atoms with Gasteiger partial charge in [0.15, 0.2) is 0 Å². The van der Waals surface area contributed by atoms with E-state index in [0.29, 0.717) is 0 Å². The minimum absolute atomic E-state index is 1.03. The van der Waals surface area contributed by atoms with Gasteiger partial charge in [-0.25, -0.2) is 0 Å². The fourth-order valence-corrected chi connectivity index (χ4v) is 2.53. The van der Waals surface area contributed by atoms with Gasteiger partial charge in [0, 0.05) is 0 Å². The topological polar surface area (TPSA) is 0 Å². The molecule has 3 aromatic carbocycles. The summed E-state index contributed by atoms with van der Waals surface area (Å²) in [6, 6.07) is 30.5. The third-order valence-electron chi connectivity index (χ3n) is 3.89. The average molecular weight is 284 g/mol. The van der Waals surface area contributed by atoms with Crippen LogP contribution < -0.4 is 0 Å². The van der Waals surface area contributed by atoms with E-state index in [9.17, 15) is 0 Å². The normalized spacial score (nSPS) is 12.7. The monoisotopic (exact) mass is 284 g/mol. The Morgan fingerprint density at radius 2 is 1.14 bits per heavy atom. The Labute approximate surface area is 133 Å². The zero-order valence-electron chi connectivity index (χ0n) is 12.7. The third kappa shape index (κ3) is 4.33. The molecule has 0 N–H and O–H groups in total. The molecule has 0 amide bonds. The second kappa shape index (κ2) is 7.61. The maximum absolute atomic E-state index is 2.89. The van der Waals surface area contributed by atoms with Crippen LogP contribution in [-0.2, 0) is 19.3 Å². The highest BCUT2D eigenvalue weighted by molar-refractivity contribution is 5.33. The van der Waals surface area contributed by atoms with Gasteiger partial charge in [0.2, 0.25) is 0 Å². The third-order valence-corrected chi connectivity index (χ3v) is 3.89. The lowest BCUT2D eigenvalue weighted by Crippen LogP contribution is -1.96. The van der Waals surface area contributed by atoms with Gasteiger partial charge in [-0.2, -0.15) is 0 Å². The first-order valence-corrected chi connectivity index (χ1v) is 7.81. The van der Waals surface area contributed by atoms with Crippen LogP contribution in [0.1, 0.15) is 22.3 Å². The van der Waals surface area contributed by atoms with Crippen molar-refractivity contribution in [2.45, 2.75) is 19.3 Å². The fraction of sp³-hybridized carbons (Fsp3) is 0.136. The summed E-state index contributed by atoms with van der Waals surface area (Å²) in [5.41, 5.74) is 5.59. The molecule has 4 aliphatic carbocycles. The molecule has 0 aromatic heterocycles. The quantitative estimate of drug-likeness (QED) is 0.541. The van der Waals surface area contributed by atoms with Crippen molar-refractivity contribution in [1.29, 1.82) is 0 Å². The van der Waals surface area contributed by atoms with Crippen molar-refractivity contribution in [3.8, 4) is 0 Å². The molecule has 0 fully saturated rings. The maximum Gasteiger partial charge on any atom is -0.00494 e. The summed E-state index contributed by atoms with van der Waals surface area (Å²) < 4.78 is 0. The van der Waals surface area contributed by atoms with E-state index in [1.165, 1.54) is 22.3 Å². The largest absolute Gasteiger partial charge is 0.0622 e. The van der Waals surface area contributed by atoms with Crippen LogP contribution >= 0.6 is 0 Å². The molecule has 0 saturated carbocycles. The SMILES string of the molecule is [CH]1Cc2ccc(cc2)CCc2ccc1cc2.[c]1ccccc1. The average Bonchev–Trinajstić information content (AvgIpc) is 2.60. The van der Waals surface area contributed by atoms with E-state index in [1.807, 2.05) is 30.3 Å². The van der Waals surface area contributed by atoms with E-state index < -0.39 is 0 Å². The summed E-state index contributed by atoms with van der Waals surface area (Å²) in [6.07, 6.45) is 5.60. The summed E-state index contributed by atoms with van der Waals surface area (Å²) >= 11 is 0. The first-order chi connectivity index (χ1) is 10.9. The van der Waals surface area contributed by atoms with Crippen LogP contribution in [0.5, 0.6) is 0 Å². The number of hydrogen-bond acceptors (Lipinski definition) is 0. The summed E-state index contributed by atoms with van der Waals surface area (Å²) in [5.74, 6) is 0. The first-order valence-electron chi connectivity index (χ1n) is 7.81. The Morgan fingerprint density at radius 1 is 0.591 bits per heavy atom. The Kier molecular flexibility index (Phi) is 5.04. The van der Waals surface area contributed by atoms with Gasteiger partial charge in [-0.05, 0) is 54.0 Å². The molecule has 3 aromatic rings. The van der Waals surface area contributed by atoms with Crippen molar-refractivity contribution < 1.29 is 0 Å². The number of benzene rings is 3. The molecule has 0 heteroatoms. The molecule has 7 rings (SSSR count). The minimum atomic E-state index is 1.03. The van der Waals surface area contributed by atoms with Crippen LogP contribution in [0.2, 0.25) is 0 Å². The van der Waals surface area contributed by atoms with Crippen LogP contribution in [0, 0.1) is 12.5 Å². The van der Waals surface area contributed by atoms with Crippen molar-refractivity contribution in [2.24, 2.45) is 0 Å². The minimum Gasteiger partial charge on any atom is -0.0622 e. The van der Waals surface area contributed by atoms with Crippen molar-refractivity contribution in [3.05, 3.63) is 114 Å². The van der Waals surface area contributed by atoms with E-state index in [-0.39, 0.29) is 0 Å². The highest BCUT2D eigenvalue weighted by Crippen LogP contribution is 2.15. The van der Waals surface area contributed by atoms with Gasteiger partial charge in [0.25, 0.3) is 0 Å². The Balaban J connectivity index is 0.000000202. The highest BCUT2D eigenvalue weighted by atomic mass is 14.1. The van der Waals surface area contributed by atoms with E-state index >= 15 is 0 Å². The maximum atomic E-state index is 2.89. The van der Waals surface area contributed by atoms with Crippen LogP contribution in [0.15, 0.2) is 78.9 Å². The molecule has 0 aliphatic heterocycles. The summed E-state index contributed by atoms with van der Waals surface area (Å²) in [4.78, 5) is 0. The van der Waals surface area contributed by atoms with E-state index in [2.05, 4.69) is 61.0 Å². The second-order valence-electron chi connectivity index (χ2n) is 5.54. The van der Waals surface area contributed by atoms with Gasteiger partial charge < -0.3 is 0 Å². The van der Waals surface area contributed by atoms with Gasteiger partial charge in [-0.3, -0.25) is 0 Å². The number of rotatable bonds is 0. The molecule has 4 bridgehead atoms. The van der Waals surface area contributed by atoms with Crippen LogP contribution in [0.25, 0.3) is 0 Å². The summed E-state index contributed by atoms with van der Waals surface area (Å²) in [7, 11) is 0. The molecule has 0 atom stereocenters. The fourth-order valence-electron chi connectivity index (χ4n) is 2.53. The van der Waals surface area contributed by atoms with Gasteiger partial charge >= 0.3 is 0 Å². The van der Waals surface area contributed by atoms with Crippen LogP contribution in [0.4, 0.5) is 0 Å². The number of hydrogen-bond donors (Lipinski definition) is 0. The van der Waals surface area contributed by atoms with Crippen LogP contribution in [-0.4, -0.2) is 0 Å². The Hall–Kier alpha value is -2.34. The summed E-state index contributed by atoms with van der Waals surface area (Å²) in [6.45, 7) is 0. The van der Waals surface area contributed by atoms with Crippen molar-refractivity contribution in [2.75, 3.05) is 0 Å². The van der Waals surface area contributed by atoms with Gasteiger partial charge in [-0.1, -0.05) is 78.9 Å². The van der Waals surface area contributed by atoms with Crippen LogP contribution in [0.3, 0.4) is 0 Å². The van der Waals surface area contributed by atoms with Crippen molar-refractivity contribution in [1.82, 2.24) is 0 Å². The van der Waals surface area contributed by atoms with Crippen molar-refractivity contribution >= 4 is 0 Å². The predicted octanol–water partition coefficient (Wildman–Crippen LogP) is 5.07. The molecule has 2 radical (unpaired) electrons. The van der Waals surface area contributed by atoms with Gasteiger partial charge in [0.1, 0.15) is 0 Å². The van der Waals surface area contributed by atoms with E-state index in [4.69, 9.17) is 0 Å². The zero-order valence-corrected chi connectivity index (χ0v) is 12.7. The van der Waals surface area contributed by atoms with Crippen molar-refractivity contribution in [3.63, 3.8) is 0 Å². The molecule has 4 aliphatic rings. The molecule has 108 valence electrons. The molecule has 0 nitrogen and oxygen atoms in total. The molecule has 0 spiro atoms. The lowest BCUT2D eigenvalue weighted by molar-refractivity contribution is 0.953. The Bertz CT molecular complexity index is 543. The first kappa shape index (κ1) is 14.6. The Morgan fingerprint density at radius 3 is 1.64 bits per heavy atom. The second-order valence-corrected chi connectivity index (χ2v) is 5.54. The smallest absolute Gasteiger partial charge is 0.00494 e. The molecule has 0 heterocycles. The predicted molar refractivity (Wildman–Crippen MR) is 92.7 cm³/mol. The zero-order chi connectivity index (χ0) is 15.0. The lowest BCUT2D eigenvalue weighted by Gasteiger charge is -2.08. The standard InChI is InChI=1S/C16H15.C6H5/c1-2-14-4-3-13(1)9-10-15-5-7-16(8-6-15)12-11-14;1-2-4-6-5-3-1/h1-9H,10-12H2;1-5H. The van der Waals surface area contributed by atoms with Gasteiger partial charge in [0.05, 0.1) is 0 Å². The highest BCUT2D eigenvalue weighted by Gasteiger charge is 2.02. The number of aryl methyl sites for hydroxylation is 2. The van der Waals surface area contributed by atoms with E-state index in [1.54, 1.807) is 0 Å². The van der Waals surface area contributed by atoms with Gasteiger partial charge in [-0.15, -0.1) is 0 Å². The molecular weight excluding hydrogens is 264 g/mol. The molecule has 0 saturated heterocycles. The molecular formula is C22H20. The lowest BCUT2D eigenvalue weighted by atomic mass is 9.97. The molecule has 22 heavy (non-hydrogen) atoms. The molecule has 0 unspecified atom stereocenters. The summed E-state index contributed by atoms with van der Waals surface area (Å²) in [5, 5.41) is 0.